The number of hydrogen-bond acceptors (Lipinski definition) is 7. The summed E-state index contributed by atoms with van der Waals surface area (Å²) in [5.41, 5.74) is 1.43. The molecule has 4 heterocycles. The lowest BCUT2D eigenvalue weighted by Gasteiger charge is -2.33. The summed E-state index contributed by atoms with van der Waals surface area (Å²) in [6.45, 7) is 9.05. The Labute approximate surface area is 217 Å². The fourth-order valence-electron chi connectivity index (χ4n) is 5.23. The second kappa shape index (κ2) is 9.75. The summed E-state index contributed by atoms with van der Waals surface area (Å²) >= 11 is 0. The number of benzene rings is 1. The highest BCUT2D eigenvalue weighted by atomic mass is 32.2. The fourth-order valence-corrected chi connectivity index (χ4v) is 6.82. The molecule has 11 heteroatoms. The zero-order valence-electron chi connectivity index (χ0n) is 21.6. The molecule has 2 aromatic rings. The van der Waals surface area contributed by atoms with Crippen molar-refractivity contribution in [3.63, 3.8) is 0 Å². The molecule has 3 aliphatic rings. The molecule has 0 spiro atoms. The largest absolute Gasteiger partial charge is 0.444 e. The SMILES string of the molecule is CC(C)(C)OC(=O)N1CCC(Cn2nc(C(=O)N3CCOCC3)c3c2-c2ccccc2S(=O)(=O)C3)CC1. The van der Waals surface area contributed by atoms with Gasteiger partial charge in [-0.05, 0) is 45.6 Å². The van der Waals surface area contributed by atoms with Crippen LogP contribution in [-0.2, 0) is 31.6 Å². The van der Waals surface area contributed by atoms with E-state index in [-0.39, 0.29) is 34.3 Å². The third-order valence-electron chi connectivity index (χ3n) is 7.06. The van der Waals surface area contributed by atoms with Crippen LogP contribution >= 0.6 is 0 Å². The van der Waals surface area contributed by atoms with E-state index in [2.05, 4.69) is 0 Å². The molecule has 3 aliphatic heterocycles. The van der Waals surface area contributed by atoms with Gasteiger partial charge in [-0.15, -0.1) is 0 Å². The topological polar surface area (TPSA) is 111 Å². The molecule has 2 fully saturated rings. The molecule has 0 atom stereocenters. The number of nitrogens with zero attached hydrogens (tertiary/aromatic N) is 4. The molecule has 2 amide bonds. The number of ether oxygens (including phenoxy) is 2. The average molecular weight is 531 g/mol. The Balaban J connectivity index is 1.43. The summed E-state index contributed by atoms with van der Waals surface area (Å²) in [4.78, 5) is 29.6. The van der Waals surface area contributed by atoms with Crippen molar-refractivity contribution in [2.24, 2.45) is 5.92 Å². The molecule has 0 saturated carbocycles. The minimum Gasteiger partial charge on any atom is -0.444 e. The van der Waals surface area contributed by atoms with E-state index in [1.165, 1.54) is 0 Å². The van der Waals surface area contributed by atoms with Crippen molar-refractivity contribution >= 4 is 21.8 Å². The van der Waals surface area contributed by atoms with Crippen LogP contribution in [0.15, 0.2) is 29.2 Å². The van der Waals surface area contributed by atoms with Gasteiger partial charge < -0.3 is 19.3 Å². The monoisotopic (exact) mass is 530 g/mol. The van der Waals surface area contributed by atoms with Crippen LogP contribution in [0.1, 0.15) is 49.7 Å². The molecule has 1 aromatic carbocycles. The van der Waals surface area contributed by atoms with Crippen LogP contribution in [0.2, 0.25) is 0 Å². The number of aromatic nitrogens is 2. The van der Waals surface area contributed by atoms with E-state index in [4.69, 9.17) is 14.6 Å². The van der Waals surface area contributed by atoms with E-state index in [1.807, 2.05) is 31.5 Å². The first-order valence-electron chi connectivity index (χ1n) is 12.8. The summed E-state index contributed by atoms with van der Waals surface area (Å²) in [5, 5.41) is 4.74. The van der Waals surface area contributed by atoms with Gasteiger partial charge in [-0.2, -0.15) is 5.10 Å². The van der Waals surface area contributed by atoms with E-state index in [0.29, 0.717) is 62.8 Å². The van der Waals surface area contributed by atoms with Crippen molar-refractivity contribution in [3.8, 4) is 11.3 Å². The summed E-state index contributed by atoms with van der Waals surface area (Å²) in [6, 6.07) is 6.93. The lowest BCUT2D eigenvalue weighted by atomic mass is 9.96. The number of sulfone groups is 1. The third-order valence-corrected chi connectivity index (χ3v) is 8.76. The molecular formula is C26H34N4O6S. The van der Waals surface area contributed by atoms with Crippen molar-refractivity contribution in [3.05, 3.63) is 35.5 Å². The summed E-state index contributed by atoms with van der Waals surface area (Å²) in [6.07, 6.45) is 1.22. The number of fused-ring (bicyclic) bond motifs is 3. The number of carbonyl (C=O) groups is 2. The van der Waals surface area contributed by atoms with Crippen LogP contribution in [0.4, 0.5) is 4.79 Å². The average Bonchev–Trinajstić information content (AvgIpc) is 3.20. The van der Waals surface area contributed by atoms with Crippen LogP contribution < -0.4 is 0 Å². The van der Waals surface area contributed by atoms with Gasteiger partial charge in [-0.3, -0.25) is 9.48 Å². The molecule has 5 rings (SSSR count). The van der Waals surface area contributed by atoms with Gasteiger partial charge in [-0.25, -0.2) is 13.2 Å². The quantitative estimate of drug-likeness (QED) is 0.600. The molecule has 0 radical (unpaired) electrons. The first-order valence-corrected chi connectivity index (χ1v) is 14.5. The highest BCUT2D eigenvalue weighted by Gasteiger charge is 2.37. The van der Waals surface area contributed by atoms with Crippen molar-refractivity contribution in [1.82, 2.24) is 19.6 Å². The van der Waals surface area contributed by atoms with E-state index >= 15 is 0 Å². The predicted octanol–water partition coefficient (Wildman–Crippen LogP) is 2.96. The number of hydrogen-bond donors (Lipinski definition) is 0. The van der Waals surface area contributed by atoms with Gasteiger partial charge in [0.15, 0.2) is 15.5 Å². The predicted molar refractivity (Wildman–Crippen MR) is 136 cm³/mol. The van der Waals surface area contributed by atoms with Crippen LogP contribution in [0.5, 0.6) is 0 Å². The Morgan fingerprint density at radius 3 is 2.41 bits per heavy atom. The maximum atomic E-state index is 13.5. The van der Waals surface area contributed by atoms with E-state index in [0.717, 1.165) is 12.8 Å². The zero-order valence-corrected chi connectivity index (χ0v) is 22.4. The number of likely N-dealkylation sites (tertiary alicyclic amines) is 1. The fraction of sp³-hybridized carbons (Fsp3) is 0.577. The van der Waals surface area contributed by atoms with E-state index in [9.17, 15) is 18.0 Å². The lowest BCUT2D eigenvalue weighted by molar-refractivity contribution is 0.0176. The van der Waals surface area contributed by atoms with Gasteiger partial charge in [0.1, 0.15) is 5.60 Å². The molecule has 10 nitrogen and oxygen atoms in total. The normalized spacial score (nSPS) is 19.8. The molecule has 1 aromatic heterocycles. The van der Waals surface area contributed by atoms with Gasteiger partial charge >= 0.3 is 6.09 Å². The third kappa shape index (κ3) is 5.24. The molecule has 200 valence electrons. The molecule has 0 unspecified atom stereocenters. The van der Waals surface area contributed by atoms with Crippen LogP contribution in [0.25, 0.3) is 11.3 Å². The molecular weight excluding hydrogens is 496 g/mol. The van der Waals surface area contributed by atoms with Crippen molar-refractivity contribution in [2.75, 3.05) is 39.4 Å². The van der Waals surface area contributed by atoms with Crippen LogP contribution in [-0.4, -0.2) is 85.0 Å². The Kier molecular flexibility index (Phi) is 6.78. The second-order valence-corrected chi connectivity index (χ2v) is 12.9. The van der Waals surface area contributed by atoms with Crippen molar-refractivity contribution in [2.45, 2.75) is 56.4 Å². The number of carbonyl (C=O) groups excluding carboxylic acids is 2. The minimum atomic E-state index is -3.60. The number of rotatable bonds is 3. The first kappa shape index (κ1) is 25.7. The standard InChI is InChI=1S/C26H34N4O6S/c1-26(2,3)36-25(32)29-10-8-18(9-11-29)16-30-23-19-6-4-5-7-21(19)37(33,34)17-20(23)22(27-30)24(31)28-12-14-35-15-13-28/h4-7,18H,8-17H2,1-3H3. The van der Waals surface area contributed by atoms with Crippen LogP contribution in [0, 0.1) is 5.92 Å². The second-order valence-electron chi connectivity index (χ2n) is 10.9. The summed E-state index contributed by atoms with van der Waals surface area (Å²) < 4.78 is 39.0. The van der Waals surface area contributed by atoms with Gasteiger partial charge in [0.05, 0.1) is 29.6 Å². The Hall–Kier alpha value is -2.92. The highest BCUT2D eigenvalue weighted by Crippen LogP contribution is 2.40. The summed E-state index contributed by atoms with van der Waals surface area (Å²) in [5.74, 6) is -0.283. The Morgan fingerprint density at radius 2 is 1.73 bits per heavy atom. The zero-order chi connectivity index (χ0) is 26.4. The van der Waals surface area contributed by atoms with Crippen molar-refractivity contribution in [1.29, 1.82) is 0 Å². The van der Waals surface area contributed by atoms with Gasteiger partial charge in [0.25, 0.3) is 5.91 Å². The maximum absolute atomic E-state index is 13.5. The number of morpholine rings is 1. The highest BCUT2D eigenvalue weighted by molar-refractivity contribution is 7.90. The van der Waals surface area contributed by atoms with E-state index < -0.39 is 15.4 Å². The molecule has 0 bridgehead atoms. The summed E-state index contributed by atoms with van der Waals surface area (Å²) in [7, 11) is -3.60. The minimum absolute atomic E-state index is 0.209. The Bertz CT molecular complexity index is 1300. The smallest absolute Gasteiger partial charge is 0.410 e. The molecule has 0 N–H and O–H groups in total. The van der Waals surface area contributed by atoms with E-state index in [1.54, 1.807) is 28.0 Å². The van der Waals surface area contributed by atoms with Crippen molar-refractivity contribution < 1.29 is 27.5 Å². The van der Waals surface area contributed by atoms with Crippen LogP contribution in [0.3, 0.4) is 0 Å². The maximum Gasteiger partial charge on any atom is 0.410 e. The van der Waals surface area contributed by atoms with Gasteiger partial charge in [0.2, 0.25) is 0 Å². The molecule has 2 saturated heterocycles. The van der Waals surface area contributed by atoms with Gasteiger partial charge in [0, 0.05) is 43.9 Å². The Morgan fingerprint density at radius 1 is 1.05 bits per heavy atom. The number of amides is 2. The molecule has 0 aliphatic carbocycles. The first-order chi connectivity index (χ1) is 17.5. The number of piperidine rings is 1. The van der Waals surface area contributed by atoms with Gasteiger partial charge in [-0.1, -0.05) is 18.2 Å². The lowest BCUT2D eigenvalue weighted by Crippen LogP contribution is -2.42. The molecule has 37 heavy (non-hydrogen) atoms.